The Balaban J connectivity index is 1.49. The first-order valence-electron chi connectivity index (χ1n) is 8.79. The van der Waals surface area contributed by atoms with Crippen molar-refractivity contribution in [2.45, 2.75) is 26.2 Å². The van der Waals surface area contributed by atoms with E-state index in [0.29, 0.717) is 30.4 Å². The average molecular weight is 386 g/mol. The van der Waals surface area contributed by atoms with Crippen molar-refractivity contribution < 1.29 is 24.0 Å². The van der Waals surface area contributed by atoms with Crippen molar-refractivity contribution in [1.29, 1.82) is 0 Å². The fourth-order valence-electron chi connectivity index (χ4n) is 3.01. The second kappa shape index (κ2) is 7.99. The Labute approximate surface area is 159 Å². The van der Waals surface area contributed by atoms with E-state index in [-0.39, 0.29) is 42.0 Å². The molecule has 1 N–H and O–H groups in total. The maximum Gasteiger partial charge on any atom is 0.366 e. The van der Waals surface area contributed by atoms with Crippen LogP contribution in [0.1, 0.15) is 56.7 Å². The Morgan fingerprint density at radius 3 is 2.43 bits per heavy atom. The molecular weight excluding hydrogens is 368 g/mol. The van der Waals surface area contributed by atoms with Gasteiger partial charge < -0.3 is 4.74 Å². The molecule has 0 saturated carbocycles. The standard InChI is InChI=1S/C18H18N4O6/c1-2-13-15(22(26)27)14(20-19-13)18(25)28-10-6-5-9-21-16(23)11-7-3-4-8-12(11)17(21)24/h3-4,7-8H,2,5-6,9-10H2,1H3,(H,19,20). The topological polar surface area (TPSA) is 136 Å². The summed E-state index contributed by atoms with van der Waals surface area (Å²) in [6, 6.07) is 6.62. The summed E-state index contributed by atoms with van der Waals surface area (Å²) in [6.45, 7) is 1.90. The highest BCUT2D eigenvalue weighted by molar-refractivity contribution is 6.21. The Bertz CT molecular complexity index is 916. The Kier molecular flexibility index (Phi) is 5.48. The van der Waals surface area contributed by atoms with Crippen LogP contribution < -0.4 is 0 Å². The van der Waals surface area contributed by atoms with Crippen LogP contribution in [-0.4, -0.2) is 51.0 Å². The number of hydrogen-bond donors (Lipinski definition) is 1. The lowest BCUT2D eigenvalue weighted by Gasteiger charge is -2.13. The van der Waals surface area contributed by atoms with E-state index in [1.165, 1.54) is 4.90 Å². The van der Waals surface area contributed by atoms with Crippen molar-refractivity contribution in [3.63, 3.8) is 0 Å². The van der Waals surface area contributed by atoms with Crippen LogP contribution in [0, 0.1) is 10.1 Å². The fourth-order valence-corrected chi connectivity index (χ4v) is 3.01. The quantitative estimate of drug-likeness (QED) is 0.241. The Morgan fingerprint density at radius 1 is 1.21 bits per heavy atom. The maximum atomic E-state index is 12.2. The first kappa shape index (κ1) is 19.2. The van der Waals surface area contributed by atoms with Gasteiger partial charge in [-0.1, -0.05) is 19.1 Å². The molecule has 1 aromatic heterocycles. The van der Waals surface area contributed by atoms with Crippen LogP contribution >= 0.6 is 0 Å². The number of unbranched alkanes of at least 4 members (excludes halogenated alkanes) is 1. The van der Waals surface area contributed by atoms with Crippen molar-refractivity contribution in [1.82, 2.24) is 15.1 Å². The van der Waals surface area contributed by atoms with Crippen molar-refractivity contribution in [2.24, 2.45) is 0 Å². The number of hydrogen-bond acceptors (Lipinski definition) is 7. The van der Waals surface area contributed by atoms with Gasteiger partial charge in [0.25, 0.3) is 11.8 Å². The molecular formula is C18H18N4O6. The Morgan fingerprint density at radius 2 is 1.86 bits per heavy atom. The highest BCUT2D eigenvalue weighted by atomic mass is 16.6. The molecule has 2 aromatic rings. The minimum absolute atomic E-state index is 0.00647. The number of aromatic amines is 1. The summed E-state index contributed by atoms with van der Waals surface area (Å²) in [6.07, 6.45) is 1.15. The average Bonchev–Trinajstić information content (AvgIpc) is 3.23. The molecule has 0 radical (unpaired) electrons. The molecule has 0 spiro atoms. The zero-order chi connectivity index (χ0) is 20.3. The predicted octanol–water partition coefficient (Wildman–Crippen LogP) is 2.11. The smallest absolute Gasteiger partial charge is 0.366 e. The van der Waals surface area contributed by atoms with Gasteiger partial charge in [-0.2, -0.15) is 5.10 Å². The van der Waals surface area contributed by atoms with Crippen LogP contribution in [0.15, 0.2) is 24.3 Å². The van der Waals surface area contributed by atoms with E-state index >= 15 is 0 Å². The lowest BCUT2D eigenvalue weighted by molar-refractivity contribution is -0.385. The zero-order valence-electron chi connectivity index (χ0n) is 15.1. The molecule has 0 saturated heterocycles. The predicted molar refractivity (Wildman–Crippen MR) is 95.9 cm³/mol. The first-order chi connectivity index (χ1) is 13.5. The van der Waals surface area contributed by atoms with Gasteiger partial charge in [-0.25, -0.2) is 4.79 Å². The zero-order valence-corrected chi connectivity index (χ0v) is 15.1. The van der Waals surface area contributed by atoms with Crippen molar-refractivity contribution in [3.05, 3.63) is 56.9 Å². The molecule has 3 rings (SSSR count). The number of nitro groups is 1. The summed E-state index contributed by atoms with van der Waals surface area (Å²) >= 11 is 0. The van der Waals surface area contributed by atoms with Crippen LogP contribution in [-0.2, 0) is 11.2 Å². The molecule has 10 heteroatoms. The lowest BCUT2D eigenvalue weighted by atomic mass is 10.1. The summed E-state index contributed by atoms with van der Waals surface area (Å²) in [5, 5.41) is 17.3. The number of amides is 2. The number of H-pyrrole nitrogens is 1. The molecule has 2 amide bonds. The summed E-state index contributed by atoms with van der Waals surface area (Å²) < 4.78 is 5.04. The van der Waals surface area contributed by atoms with Crippen LogP contribution in [0.5, 0.6) is 0 Å². The number of imide groups is 1. The second-order valence-electron chi connectivity index (χ2n) is 6.16. The van der Waals surface area contributed by atoms with E-state index in [0.717, 1.165) is 0 Å². The van der Waals surface area contributed by atoms with Gasteiger partial charge in [0.15, 0.2) is 0 Å². The van der Waals surface area contributed by atoms with Gasteiger partial charge in [0.1, 0.15) is 5.69 Å². The molecule has 0 bridgehead atoms. The minimum Gasteiger partial charge on any atom is -0.461 e. The van der Waals surface area contributed by atoms with Gasteiger partial charge in [-0.05, 0) is 31.4 Å². The number of nitrogens with zero attached hydrogens (tertiary/aromatic N) is 3. The minimum atomic E-state index is -0.886. The molecule has 0 unspecified atom stereocenters. The number of aryl methyl sites for hydroxylation is 1. The van der Waals surface area contributed by atoms with Gasteiger partial charge in [-0.3, -0.25) is 29.7 Å². The number of benzene rings is 1. The second-order valence-corrected chi connectivity index (χ2v) is 6.16. The molecule has 1 aliphatic heterocycles. The molecule has 0 aliphatic carbocycles. The third-order valence-corrected chi connectivity index (χ3v) is 4.43. The number of ether oxygens (including phenoxy) is 1. The largest absolute Gasteiger partial charge is 0.461 e. The van der Waals surface area contributed by atoms with E-state index in [9.17, 15) is 24.5 Å². The van der Waals surface area contributed by atoms with Crippen LogP contribution in [0.25, 0.3) is 0 Å². The van der Waals surface area contributed by atoms with Gasteiger partial charge in [0, 0.05) is 6.54 Å². The van der Waals surface area contributed by atoms with Crippen molar-refractivity contribution in [2.75, 3.05) is 13.2 Å². The summed E-state index contributed by atoms with van der Waals surface area (Å²) in [4.78, 5) is 48.1. The summed E-state index contributed by atoms with van der Waals surface area (Å²) in [5.74, 6) is -1.56. The molecule has 28 heavy (non-hydrogen) atoms. The number of aromatic nitrogens is 2. The van der Waals surface area contributed by atoms with E-state index in [4.69, 9.17) is 4.74 Å². The van der Waals surface area contributed by atoms with E-state index in [1.807, 2.05) is 0 Å². The van der Waals surface area contributed by atoms with Crippen molar-refractivity contribution in [3.8, 4) is 0 Å². The molecule has 10 nitrogen and oxygen atoms in total. The number of fused-ring (bicyclic) bond motifs is 1. The van der Waals surface area contributed by atoms with Crippen molar-refractivity contribution >= 4 is 23.5 Å². The molecule has 0 fully saturated rings. The molecule has 146 valence electrons. The van der Waals surface area contributed by atoms with E-state index < -0.39 is 10.9 Å². The number of nitrogens with one attached hydrogen (secondary N) is 1. The van der Waals surface area contributed by atoms with Gasteiger partial charge in [0.2, 0.25) is 5.69 Å². The maximum absolute atomic E-state index is 12.2. The number of esters is 1. The highest BCUT2D eigenvalue weighted by Crippen LogP contribution is 2.23. The first-order valence-corrected chi connectivity index (χ1v) is 8.79. The van der Waals surface area contributed by atoms with Gasteiger partial charge in [-0.15, -0.1) is 0 Å². The highest BCUT2D eigenvalue weighted by Gasteiger charge is 2.34. The van der Waals surface area contributed by atoms with E-state index in [2.05, 4.69) is 10.2 Å². The molecule has 0 atom stereocenters. The third-order valence-electron chi connectivity index (χ3n) is 4.43. The summed E-state index contributed by atoms with van der Waals surface area (Å²) in [7, 11) is 0. The Hall–Kier alpha value is -3.56. The summed E-state index contributed by atoms with van der Waals surface area (Å²) in [5.41, 5.74) is 0.288. The molecule has 1 aliphatic rings. The van der Waals surface area contributed by atoms with Crippen LogP contribution in [0.2, 0.25) is 0 Å². The molecule has 1 aromatic carbocycles. The monoisotopic (exact) mass is 386 g/mol. The lowest BCUT2D eigenvalue weighted by Crippen LogP contribution is -2.30. The SMILES string of the molecule is CCc1[nH]nc(C(=O)OCCCCN2C(=O)c3ccccc3C2=O)c1[N+](=O)[O-]. The van der Waals surface area contributed by atoms with Gasteiger partial charge in [0.05, 0.1) is 22.7 Å². The van der Waals surface area contributed by atoms with Crippen LogP contribution in [0.4, 0.5) is 5.69 Å². The fraction of sp³-hybridized carbons (Fsp3) is 0.333. The number of rotatable bonds is 8. The number of carbonyl (C=O) groups is 3. The molecule has 2 heterocycles. The third kappa shape index (κ3) is 3.48. The van der Waals surface area contributed by atoms with Crippen LogP contribution in [0.3, 0.4) is 0 Å². The van der Waals surface area contributed by atoms with Gasteiger partial charge >= 0.3 is 11.7 Å². The van der Waals surface area contributed by atoms with E-state index in [1.54, 1.807) is 31.2 Å². The number of carbonyl (C=O) groups excluding carboxylic acids is 3. The normalized spacial score (nSPS) is 13.0.